The zero-order valence-electron chi connectivity index (χ0n) is 16.0. The van der Waals surface area contributed by atoms with Crippen LogP contribution in [0.1, 0.15) is 29.5 Å². The van der Waals surface area contributed by atoms with Crippen LogP contribution in [0.15, 0.2) is 42.5 Å². The Hall–Kier alpha value is -2.68. The van der Waals surface area contributed by atoms with Gasteiger partial charge in [0.05, 0.1) is 5.56 Å². The van der Waals surface area contributed by atoms with E-state index in [0.717, 1.165) is 17.7 Å². The third-order valence-corrected chi connectivity index (χ3v) is 5.29. The fourth-order valence-electron chi connectivity index (χ4n) is 3.60. The van der Waals surface area contributed by atoms with Gasteiger partial charge in [-0.3, -0.25) is 0 Å². The Morgan fingerprint density at radius 3 is 2.37 bits per heavy atom. The van der Waals surface area contributed by atoms with Crippen molar-refractivity contribution in [3.63, 3.8) is 0 Å². The molecule has 1 saturated heterocycles. The molecule has 30 heavy (non-hydrogen) atoms. The number of nitrogens with one attached hydrogen (secondary N) is 2. The maximum atomic E-state index is 13.7. The Bertz CT molecular complexity index is 895. The monoisotopic (exact) mass is 428 g/mol. The van der Waals surface area contributed by atoms with Crippen molar-refractivity contribution in [1.82, 2.24) is 10.6 Å². The number of amides is 2. The molecule has 1 aliphatic rings. The van der Waals surface area contributed by atoms with Crippen LogP contribution in [0.2, 0.25) is 0 Å². The summed E-state index contributed by atoms with van der Waals surface area (Å²) in [4.78, 5) is 12.2. The highest BCUT2D eigenvalue weighted by Crippen LogP contribution is 2.35. The number of carbonyl (C=O) groups excluding carboxylic acids is 1. The lowest BCUT2D eigenvalue weighted by Crippen LogP contribution is -2.47. The molecule has 162 valence electrons. The second kappa shape index (κ2) is 8.99. The van der Waals surface area contributed by atoms with E-state index in [2.05, 4.69) is 10.6 Å². The summed E-state index contributed by atoms with van der Waals surface area (Å²) in [6, 6.07) is 7.75. The van der Waals surface area contributed by atoms with Crippen LogP contribution in [-0.2, 0) is 22.9 Å². The van der Waals surface area contributed by atoms with Crippen LogP contribution in [-0.4, -0.2) is 25.8 Å². The van der Waals surface area contributed by atoms with Crippen molar-refractivity contribution in [3.05, 3.63) is 70.8 Å². The van der Waals surface area contributed by atoms with Crippen molar-refractivity contribution < 1.29 is 31.5 Å². The van der Waals surface area contributed by atoms with Gasteiger partial charge in [0.25, 0.3) is 0 Å². The van der Waals surface area contributed by atoms with Gasteiger partial charge in [0.2, 0.25) is 0 Å². The van der Waals surface area contributed by atoms with Crippen LogP contribution in [0.25, 0.3) is 0 Å². The summed E-state index contributed by atoms with van der Waals surface area (Å²) in [5.74, 6) is -1.40. The van der Waals surface area contributed by atoms with Gasteiger partial charge in [0.1, 0.15) is 11.6 Å². The van der Waals surface area contributed by atoms with Gasteiger partial charge in [0, 0.05) is 31.7 Å². The first kappa shape index (κ1) is 22.0. The van der Waals surface area contributed by atoms with E-state index < -0.39 is 35.5 Å². The Morgan fingerprint density at radius 1 is 1.00 bits per heavy atom. The van der Waals surface area contributed by atoms with Crippen molar-refractivity contribution in [1.29, 1.82) is 0 Å². The summed E-state index contributed by atoms with van der Waals surface area (Å²) in [7, 11) is 0. The van der Waals surface area contributed by atoms with Crippen LogP contribution < -0.4 is 10.6 Å². The van der Waals surface area contributed by atoms with Crippen molar-refractivity contribution in [3.8, 4) is 0 Å². The van der Waals surface area contributed by atoms with Crippen LogP contribution in [0.5, 0.6) is 0 Å². The molecule has 3 rings (SSSR count). The number of rotatable bonds is 5. The molecule has 0 saturated carbocycles. The standard InChI is InChI=1S/C21H21F5N2O2/c22-16-3-1-2-15(10-16)20(6-8-30-9-7-20)13-28-19(29)27-12-14-4-5-17(23)11-18(14)21(24,25)26/h1-5,10-11H,6-9,12-13H2,(H2,27,28,29). The molecule has 1 heterocycles. The number of carbonyl (C=O) groups is 1. The average molecular weight is 428 g/mol. The van der Waals surface area contributed by atoms with E-state index in [9.17, 15) is 26.7 Å². The number of urea groups is 1. The molecule has 0 bridgehead atoms. The van der Waals surface area contributed by atoms with E-state index in [1.807, 2.05) is 0 Å². The van der Waals surface area contributed by atoms with Crippen molar-refractivity contribution >= 4 is 6.03 Å². The van der Waals surface area contributed by atoms with Crippen LogP contribution in [0, 0.1) is 11.6 Å². The minimum Gasteiger partial charge on any atom is -0.381 e. The third-order valence-electron chi connectivity index (χ3n) is 5.29. The smallest absolute Gasteiger partial charge is 0.381 e. The summed E-state index contributed by atoms with van der Waals surface area (Å²) in [5, 5.41) is 5.04. The number of hydrogen-bond acceptors (Lipinski definition) is 2. The Kier molecular flexibility index (Phi) is 6.60. The SMILES string of the molecule is O=C(NCc1ccc(F)cc1C(F)(F)F)NCC1(c2cccc(F)c2)CCOCC1. The van der Waals surface area contributed by atoms with Gasteiger partial charge in [-0.05, 0) is 48.2 Å². The van der Waals surface area contributed by atoms with E-state index in [4.69, 9.17) is 4.74 Å². The normalized spacial score (nSPS) is 16.2. The molecule has 2 aromatic rings. The Labute approximate surface area is 170 Å². The van der Waals surface area contributed by atoms with Crippen molar-refractivity contribution in [2.45, 2.75) is 31.0 Å². The van der Waals surface area contributed by atoms with Crippen LogP contribution in [0.3, 0.4) is 0 Å². The highest BCUT2D eigenvalue weighted by atomic mass is 19.4. The van der Waals surface area contributed by atoms with Gasteiger partial charge >= 0.3 is 12.2 Å². The highest BCUT2D eigenvalue weighted by Gasteiger charge is 2.36. The fourth-order valence-corrected chi connectivity index (χ4v) is 3.60. The Morgan fingerprint density at radius 2 is 1.70 bits per heavy atom. The first-order valence-corrected chi connectivity index (χ1v) is 9.41. The lowest BCUT2D eigenvalue weighted by molar-refractivity contribution is -0.138. The fraction of sp³-hybridized carbons (Fsp3) is 0.381. The molecule has 2 N–H and O–H groups in total. The molecule has 0 spiro atoms. The zero-order valence-corrected chi connectivity index (χ0v) is 16.0. The number of benzene rings is 2. The predicted octanol–water partition coefficient (Wildman–Crippen LogP) is 4.53. The quantitative estimate of drug-likeness (QED) is 0.688. The van der Waals surface area contributed by atoms with Crippen LogP contribution in [0.4, 0.5) is 26.7 Å². The molecule has 2 amide bonds. The van der Waals surface area contributed by atoms with E-state index >= 15 is 0 Å². The minimum absolute atomic E-state index is 0.168. The van der Waals surface area contributed by atoms with Crippen molar-refractivity contribution in [2.24, 2.45) is 0 Å². The van der Waals surface area contributed by atoms with Gasteiger partial charge in [-0.2, -0.15) is 13.2 Å². The van der Waals surface area contributed by atoms with Crippen LogP contribution >= 0.6 is 0 Å². The molecule has 0 atom stereocenters. The molecule has 2 aromatic carbocycles. The number of ether oxygens (including phenoxy) is 1. The molecule has 4 nitrogen and oxygen atoms in total. The summed E-state index contributed by atoms with van der Waals surface area (Å²) >= 11 is 0. The summed E-state index contributed by atoms with van der Waals surface area (Å²) in [6.07, 6.45) is -3.61. The topological polar surface area (TPSA) is 50.4 Å². The molecular formula is C21H21F5N2O2. The third kappa shape index (κ3) is 5.27. The van der Waals surface area contributed by atoms with Gasteiger partial charge < -0.3 is 15.4 Å². The van der Waals surface area contributed by atoms with E-state index in [0.29, 0.717) is 32.1 Å². The second-order valence-corrected chi connectivity index (χ2v) is 7.24. The first-order valence-electron chi connectivity index (χ1n) is 9.41. The lowest BCUT2D eigenvalue weighted by atomic mass is 9.74. The molecule has 1 fully saturated rings. The molecule has 0 unspecified atom stereocenters. The largest absolute Gasteiger partial charge is 0.416 e. The van der Waals surface area contributed by atoms with Gasteiger partial charge in [-0.1, -0.05) is 18.2 Å². The maximum Gasteiger partial charge on any atom is 0.416 e. The molecular weight excluding hydrogens is 407 g/mol. The van der Waals surface area contributed by atoms with Gasteiger partial charge in [-0.15, -0.1) is 0 Å². The number of hydrogen-bond donors (Lipinski definition) is 2. The average Bonchev–Trinajstić information content (AvgIpc) is 2.71. The highest BCUT2D eigenvalue weighted by molar-refractivity contribution is 5.74. The Balaban J connectivity index is 1.66. The van der Waals surface area contributed by atoms with Gasteiger partial charge in [-0.25, -0.2) is 13.6 Å². The maximum absolute atomic E-state index is 13.7. The summed E-state index contributed by atoms with van der Waals surface area (Å²) < 4.78 is 71.5. The van der Waals surface area contributed by atoms with Gasteiger partial charge in [0.15, 0.2) is 0 Å². The minimum atomic E-state index is -4.74. The molecule has 0 aliphatic carbocycles. The van der Waals surface area contributed by atoms with E-state index in [1.165, 1.54) is 12.1 Å². The van der Waals surface area contributed by atoms with E-state index in [-0.39, 0.29) is 17.9 Å². The van der Waals surface area contributed by atoms with E-state index in [1.54, 1.807) is 12.1 Å². The first-order chi connectivity index (χ1) is 14.2. The molecule has 9 heteroatoms. The molecule has 0 radical (unpaired) electrons. The summed E-state index contributed by atoms with van der Waals surface area (Å²) in [6.45, 7) is 0.646. The summed E-state index contributed by atoms with van der Waals surface area (Å²) in [5.41, 5.74) is -1.19. The second-order valence-electron chi connectivity index (χ2n) is 7.24. The van der Waals surface area contributed by atoms with Crippen molar-refractivity contribution in [2.75, 3.05) is 19.8 Å². The molecule has 0 aromatic heterocycles. The number of alkyl halides is 3. The predicted molar refractivity (Wildman–Crippen MR) is 99.8 cm³/mol. The number of halogens is 5. The zero-order chi connectivity index (χ0) is 21.8. The lowest BCUT2D eigenvalue weighted by Gasteiger charge is -2.38. The molecule has 1 aliphatic heterocycles.